The first kappa shape index (κ1) is 37.4. The fraction of sp³-hybridized carbons (Fsp3) is 0.256. The summed E-state index contributed by atoms with van der Waals surface area (Å²) in [4.78, 5) is 28.9. The average molecular weight is 735 g/mol. The number of nitrogens with one attached hydrogen (secondary N) is 1. The highest BCUT2D eigenvalue weighted by molar-refractivity contribution is 6.69. The summed E-state index contributed by atoms with van der Waals surface area (Å²) < 4.78 is 46.0. The second-order valence-electron chi connectivity index (χ2n) is 14.1. The number of hydrogen-bond acceptors (Lipinski definition) is 6. The molecule has 7 nitrogen and oxygen atoms in total. The third kappa shape index (κ3) is 10.2. The van der Waals surface area contributed by atoms with Gasteiger partial charge in [-0.1, -0.05) is 66.7 Å². The number of ether oxygens (including phenoxy) is 2. The Bertz CT molecular complexity index is 1970. The normalized spacial score (nSPS) is 14.7. The summed E-state index contributed by atoms with van der Waals surface area (Å²) in [6.07, 6.45) is 0.00210. The number of rotatable bonds is 16. The predicted octanol–water partition coefficient (Wildman–Crippen LogP) is 10.5. The minimum Gasteiger partial charge on any atom is -0.489 e. The van der Waals surface area contributed by atoms with Crippen LogP contribution in [-0.4, -0.2) is 33.3 Å². The molecule has 1 amide bonds. The molecule has 0 unspecified atom stereocenters. The van der Waals surface area contributed by atoms with Crippen LogP contribution < -0.4 is 15.0 Å². The number of benzene rings is 5. The fourth-order valence-electron chi connectivity index (χ4n) is 6.50. The molecule has 1 fully saturated rings. The zero-order chi connectivity index (χ0) is 37.4. The number of carbonyl (C=O) groups excluding carboxylic acids is 2. The number of Topliss-reactive ketones (excluding diaryl/α,β-unsaturated/α-hetero) is 1. The van der Waals surface area contributed by atoms with Crippen molar-refractivity contribution in [1.82, 2.24) is 0 Å². The predicted molar refractivity (Wildman–Crippen MR) is 206 cm³/mol. The summed E-state index contributed by atoms with van der Waals surface area (Å²) >= 11 is 0. The van der Waals surface area contributed by atoms with Crippen molar-refractivity contribution in [2.45, 2.75) is 51.2 Å². The van der Waals surface area contributed by atoms with E-state index < -0.39 is 26.4 Å². The molecular weight excluding hydrogens is 691 g/mol. The molecular formula is C43H44F2N2O5Si. The van der Waals surface area contributed by atoms with Crippen molar-refractivity contribution >= 4 is 31.6 Å². The maximum atomic E-state index is 14.9. The van der Waals surface area contributed by atoms with Crippen LogP contribution in [0, 0.1) is 17.6 Å². The summed E-state index contributed by atoms with van der Waals surface area (Å²) in [6, 6.07) is 36.4. The van der Waals surface area contributed by atoms with Crippen LogP contribution in [0.15, 0.2) is 127 Å². The van der Waals surface area contributed by atoms with Gasteiger partial charge < -0.3 is 19.2 Å². The zero-order valence-corrected chi connectivity index (χ0v) is 31.1. The van der Waals surface area contributed by atoms with E-state index in [1.807, 2.05) is 54.6 Å². The third-order valence-electron chi connectivity index (χ3n) is 9.07. The van der Waals surface area contributed by atoms with Gasteiger partial charge in [-0.2, -0.15) is 0 Å². The van der Waals surface area contributed by atoms with Crippen molar-refractivity contribution in [2.75, 3.05) is 23.4 Å². The quantitative estimate of drug-likeness (QED) is 0.0803. The van der Waals surface area contributed by atoms with E-state index in [0.717, 1.165) is 16.7 Å². The Labute approximate surface area is 310 Å². The van der Waals surface area contributed by atoms with Crippen LogP contribution in [0.1, 0.15) is 52.0 Å². The van der Waals surface area contributed by atoms with E-state index >= 15 is 0 Å². The Morgan fingerprint density at radius 3 is 2.11 bits per heavy atom. The number of hydrogen-bond donors (Lipinski definition) is 1. The molecule has 274 valence electrons. The lowest BCUT2D eigenvalue weighted by atomic mass is 9.82. The lowest BCUT2D eigenvalue weighted by Gasteiger charge is -2.32. The van der Waals surface area contributed by atoms with Gasteiger partial charge >= 0.3 is 6.09 Å². The highest BCUT2D eigenvalue weighted by atomic mass is 28.4. The smallest absolute Gasteiger partial charge is 0.414 e. The zero-order valence-electron chi connectivity index (χ0n) is 30.1. The van der Waals surface area contributed by atoms with Crippen LogP contribution in [0.25, 0.3) is 0 Å². The first-order valence-corrected chi connectivity index (χ1v) is 21.2. The molecule has 1 aliphatic rings. The molecule has 1 heterocycles. The van der Waals surface area contributed by atoms with E-state index in [1.54, 1.807) is 48.5 Å². The van der Waals surface area contributed by atoms with Crippen LogP contribution in [0.2, 0.25) is 19.6 Å². The molecule has 3 atom stereocenters. The van der Waals surface area contributed by atoms with Gasteiger partial charge in [0.2, 0.25) is 0 Å². The Morgan fingerprint density at radius 1 is 0.811 bits per heavy atom. The molecule has 0 aromatic heterocycles. The second-order valence-corrected chi connectivity index (χ2v) is 18.6. The number of nitrogens with zero attached hydrogens (tertiary/aromatic N) is 1. The summed E-state index contributed by atoms with van der Waals surface area (Å²) in [7, 11) is -2.10. The van der Waals surface area contributed by atoms with Crippen LogP contribution in [0.3, 0.4) is 0 Å². The van der Waals surface area contributed by atoms with Crippen LogP contribution in [-0.2, 0) is 15.8 Å². The molecule has 5 aromatic rings. The molecule has 53 heavy (non-hydrogen) atoms. The molecule has 0 radical (unpaired) electrons. The molecule has 0 spiro atoms. The van der Waals surface area contributed by atoms with Crippen molar-refractivity contribution in [1.29, 1.82) is 0 Å². The third-order valence-corrected chi connectivity index (χ3v) is 10.1. The van der Waals surface area contributed by atoms with E-state index in [-0.39, 0.29) is 30.1 Å². The van der Waals surface area contributed by atoms with Crippen molar-refractivity contribution in [2.24, 2.45) is 5.92 Å². The summed E-state index contributed by atoms with van der Waals surface area (Å²) in [5.74, 6) is -0.844. The Hall–Kier alpha value is -5.32. The molecule has 5 aromatic carbocycles. The molecule has 0 bridgehead atoms. The number of amides is 1. The van der Waals surface area contributed by atoms with E-state index in [4.69, 9.17) is 13.9 Å². The first-order valence-electron chi connectivity index (χ1n) is 17.8. The van der Waals surface area contributed by atoms with Gasteiger partial charge in [-0.15, -0.1) is 0 Å². The van der Waals surface area contributed by atoms with E-state index in [9.17, 15) is 18.4 Å². The SMILES string of the molecule is C[Si](C)(C)O[C@@H](CC[C@@H](C(=O)c1cccc(N2CCOC2=O)c1)[C@H](Nc1ccc(F)cc1)c1ccc(OCc2ccccc2)cc1)c1ccc(F)cc1. The van der Waals surface area contributed by atoms with Gasteiger partial charge in [0, 0.05) is 22.9 Å². The summed E-state index contributed by atoms with van der Waals surface area (Å²) in [6.45, 7) is 7.36. The van der Waals surface area contributed by atoms with Gasteiger partial charge in [0.05, 0.1) is 18.7 Å². The van der Waals surface area contributed by atoms with Crippen LogP contribution >= 0.6 is 0 Å². The van der Waals surface area contributed by atoms with Crippen LogP contribution in [0.5, 0.6) is 5.75 Å². The number of carbonyl (C=O) groups is 2. The molecule has 0 aliphatic carbocycles. The minimum absolute atomic E-state index is 0.144. The van der Waals surface area contributed by atoms with Gasteiger partial charge in [-0.3, -0.25) is 9.69 Å². The number of anilines is 2. The van der Waals surface area contributed by atoms with Crippen LogP contribution in [0.4, 0.5) is 25.0 Å². The van der Waals surface area contributed by atoms with Crippen molar-refractivity contribution < 1.29 is 32.3 Å². The van der Waals surface area contributed by atoms with Crippen molar-refractivity contribution in [3.8, 4) is 5.75 Å². The van der Waals surface area contributed by atoms with Crippen molar-refractivity contribution in [3.05, 3.63) is 161 Å². The number of halogens is 2. The number of ketones is 1. The highest BCUT2D eigenvalue weighted by Gasteiger charge is 2.34. The lowest BCUT2D eigenvalue weighted by Crippen LogP contribution is -2.31. The second kappa shape index (κ2) is 17.0. The Kier molecular flexibility index (Phi) is 12.0. The maximum absolute atomic E-state index is 14.9. The first-order chi connectivity index (χ1) is 25.5. The molecule has 0 saturated carbocycles. The largest absolute Gasteiger partial charge is 0.489 e. The fourth-order valence-corrected chi connectivity index (χ4v) is 7.61. The topological polar surface area (TPSA) is 77.1 Å². The maximum Gasteiger partial charge on any atom is 0.414 e. The van der Waals surface area contributed by atoms with Gasteiger partial charge in [0.1, 0.15) is 30.6 Å². The van der Waals surface area contributed by atoms with E-state index in [0.29, 0.717) is 48.7 Å². The highest BCUT2D eigenvalue weighted by Crippen LogP contribution is 2.38. The molecule has 6 rings (SSSR count). The van der Waals surface area contributed by atoms with Gasteiger partial charge in [-0.05, 0) is 110 Å². The van der Waals surface area contributed by atoms with Gasteiger partial charge in [0.15, 0.2) is 14.1 Å². The Balaban J connectivity index is 1.37. The summed E-state index contributed by atoms with van der Waals surface area (Å²) in [5, 5.41) is 3.55. The van der Waals surface area contributed by atoms with E-state index in [2.05, 4.69) is 25.0 Å². The monoisotopic (exact) mass is 734 g/mol. The minimum atomic E-state index is -2.10. The van der Waals surface area contributed by atoms with E-state index in [1.165, 1.54) is 29.2 Å². The molecule has 1 saturated heterocycles. The number of cyclic esters (lactones) is 1. The Morgan fingerprint density at radius 2 is 1.47 bits per heavy atom. The van der Waals surface area contributed by atoms with Crippen molar-refractivity contribution in [3.63, 3.8) is 0 Å². The lowest BCUT2D eigenvalue weighted by molar-refractivity contribution is 0.0878. The molecule has 10 heteroatoms. The average Bonchev–Trinajstić information content (AvgIpc) is 3.60. The molecule has 1 N–H and O–H groups in total. The van der Waals surface area contributed by atoms with Gasteiger partial charge in [0.25, 0.3) is 0 Å². The summed E-state index contributed by atoms with van der Waals surface area (Å²) in [5.41, 5.74) is 4.34. The molecule has 1 aliphatic heterocycles. The van der Waals surface area contributed by atoms with Gasteiger partial charge in [-0.25, -0.2) is 13.6 Å². The standard InChI is InChI=1S/C43H44F2N2O5Si/c1-53(2,3)52-40(31-12-16-34(44)17-13-31)25-24-39(42(48)33-10-7-11-37(28-33)47-26-27-50-43(47)49)41(46-36-20-18-35(45)19-21-36)32-14-22-38(23-15-32)51-29-30-8-5-4-6-9-30/h4-23,28,39-41,46H,24-27,29H2,1-3H3/t39-,40+,41-/m1/s1.